The second-order valence-electron chi connectivity index (χ2n) is 3.50. The number of rotatable bonds is 4. The highest BCUT2D eigenvalue weighted by atomic mass is 35.5. The number of halogens is 1. The molecule has 0 unspecified atom stereocenters. The third kappa shape index (κ3) is 4.62. The predicted octanol–water partition coefficient (Wildman–Crippen LogP) is 1.12. The van der Waals surface area contributed by atoms with Gasteiger partial charge in [-0.1, -0.05) is 11.6 Å². The van der Waals surface area contributed by atoms with Crippen LogP contribution in [0.1, 0.15) is 10.4 Å². The van der Waals surface area contributed by atoms with Crippen LogP contribution in [0.2, 0.25) is 5.02 Å². The summed E-state index contributed by atoms with van der Waals surface area (Å²) < 4.78 is 26.4. The highest BCUT2D eigenvalue weighted by Gasteiger charge is 2.12. The Morgan fingerprint density at radius 3 is 2.65 bits per heavy atom. The minimum Gasteiger partial charge on any atom is -0.461 e. The number of ether oxygens (including phenoxy) is 1. The van der Waals surface area contributed by atoms with Crippen molar-refractivity contribution in [2.45, 2.75) is 0 Å². The topological polar surface area (TPSA) is 86.5 Å². The first kappa shape index (κ1) is 13.8. The van der Waals surface area contributed by atoms with Gasteiger partial charge in [0, 0.05) is 17.0 Å². The Morgan fingerprint density at radius 2 is 2.12 bits per heavy atom. The number of carbonyl (C=O) groups is 1. The maximum Gasteiger partial charge on any atom is 0.340 e. The lowest BCUT2D eigenvalue weighted by Crippen LogP contribution is -2.15. The van der Waals surface area contributed by atoms with Crippen LogP contribution >= 0.6 is 11.6 Å². The molecule has 1 aromatic rings. The van der Waals surface area contributed by atoms with Crippen molar-refractivity contribution in [3.63, 3.8) is 0 Å². The smallest absolute Gasteiger partial charge is 0.340 e. The van der Waals surface area contributed by atoms with Crippen molar-refractivity contribution < 1.29 is 17.9 Å². The fourth-order valence-electron chi connectivity index (χ4n) is 1.08. The molecule has 7 heteroatoms. The Balaban J connectivity index is 2.65. The highest BCUT2D eigenvalue weighted by molar-refractivity contribution is 7.90. The average Bonchev–Trinajstić information content (AvgIpc) is 2.15. The zero-order chi connectivity index (χ0) is 13.1. The first-order chi connectivity index (χ1) is 7.79. The quantitative estimate of drug-likeness (QED) is 0.658. The molecule has 0 atom stereocenters. The number of nitrogens with two attached hydrogens (primary N) is 1. The zero-order valence-corrected chi connectivity index (χ0v) is 10.7. The minimum atomic E-state index is -3.15. The summed E-state index contributed by atoms with van der Waals surface area (Å²) in [6.07, 6.45) is 1.07. The van der Waals surface area contributed by atoms with Crippen molar-refractivity contribution >= 4 is 33.1 Å². The maximum absolute atomic E-state index is 11.5. The van der Waals surface area contributed by atoms with E-state index in [2.05, 4.69) is 0 Å². The third-order valence-electron chi connectivity index (χ3n) is 1.92. The Bertz CT molecular complexity index is 527. The van der Waals surface area contributed by atoms with Crippen molar-refractivity contribution in [2.24, 2.45) is 0 Å². The molecule has 0 aliphatic heterocycles. The lowest BCUT2D eigenvalue weighted by molar-refractivity contribution is 0.0530. The number of carbonyl (C=O) groups excluding carboxylic acids is 1. The fraction of sp³-hybridized carbons (Fsp3) is 0.300. The van der Waals surface area contributed by atoms with Crippen LogP contribution in [0.5, 0.6) is 0 Å². The van der Waals surface area contributed by atoms with Gasteiger partial charge in [0.15, 0.2) is 9.84 Å². The van der Waals surface area contributed by atoms with Crippen LogP contribution in [0.15, 0.2) is 18.2 Å². The predicted molar refractivity (Wildman–Crippen MR) is 65.9 cm³/mol. The molecule has 5 nitrogen and oxygen atoms in total. The SMILES string of the molecule is CS(=O)(=O)CCOC(=O)c1ccc(Cl)cc1N. The summed E-state index contributed by atoms with van der Waals surface area (Å²) in [5.41, 5.74) is 5.94. The molecule has 0 amide bonds. The lowest BCUT2D eigenvalue weighted by Gasteiger charge is -2.06. The molecule has 94 valence electrons. The van der Waals surface area contributed by atoms with Crippen molar-refractivity contribution in [3.05, 3.63) is 28.8 Å². The van der Waals surface area contributed by atoms with Crippen molar-refractivity contribution in [3.8, 4) is 0 Å². The van der Waals surface area contributed by atoms with Crippen LogP contribution in [0.4, 0.5) is 5.69 Å². The monoisotopic (exact) mass is 277 g/mol. The van der Waals surface area contributed by atoms with Gasteiger partial charge in [-0.3, -0.25) is 0 Å². The normalized spacial score (nSPS) is 11.2. The number of esters is 1. The summed E-state index contributed by atoms with van der Waals surface area (Å²) in [5.74, 6) is -0.880. The summed E-state index contributed by atoms with van der Waals surface area (Å²) in [4.78, 5) is 11.5. The van der Waals surface area contributed by atoms with E-state index >= 15 is 0 Å². The standard InChI is InChI=1S/C10H12ClNO4S/c1-17(14,15)5-4-16-10(13)8-3-2-7(11)6-9(8)12/h2-3,6H,4-5,12H2,1H3. The number of nitrogen functional groups attached to an aromatic ring is 1. The van der Waals surface area contributed by atoms with Gasteiger partial charge in [0.2, 0.25) is 0 Å². The largest absolute Gasteiger partial charge is 0.461 e. The Morgan fingerprint density at radius 1 is 1.47 bits per heavy atom. The summed E-state index contributed by atoms with van der Waals surface area (Å²) in [6, 6.07) is 4.36. The minimum absolute atomic E-state index is 0.169. The van der Waals surface area contributed by atoms with Gasteiger partial charge in [-0.25, -0.2) is 13.2 Å². The summed E-state index contributed by atoms with van der Waals surface area (Å²) >= 11 is 5.67. The van der Waals surface area contributed by atoms with E-state index in [1.54, 1.807) is 0 Å². The first-order valence-corrected chi connectivity index (χ1v) is 7.13. The molecular formula is C10H12ClNO4S. The average molecular weight is 278 g/mol. The van der Waals surface area contributed by atoms with Crippen LogP contribution in [0, 0.1) is 0 Å². The molecule has 0 fully saturated rings. The molecule has 0 radical (unpaired) electrons. The Hall–Kier alpha value is -1.27. The van der Waals surface area contributed by atoms with Crippen LogP contribution < -0.4 is 5.73 Å². The van der Waals surface area contributed by atoms with E-state index in [0.29, 0.717) is 5.02 Å². The molecular weight excluding hydrogens is 266 g/mol. The van der Waals surface area contributed by atoms with Gasteiger partial charge in [0.25, 0.3) is 0 Å². The van der Waals surface area contributed by atoms with Gasteiger partial charge < -0.3 is 10.5 Å². The number of anilines is 1. The molecule has 0 saturated carbocycles. The second kappa shape index (κ2) is 5.37. The van der Waals surface area contributed by atoms with E-state index in [9.17, 15) is 13.2 Å². The molecule has 0 aliphatic carbocycles. The fourth-order valence-corrected chi connectivity index (χ4v) is 1.65. The Labute approximate surface area is 104 Å². The van der Waals surface area contributed by atoms with Gasteiger partial charge in [0.1, 0.15) is 6.61 Å². The highest BCUT2D eigenvalue weighted by Crippen LogP contribution is 2.18. The molecule has 2 N–H and O–H groups in total. The van der Waals surface area contributed by atoms with E-state index in [1.807, 2.05) is 0 Å². The van der Waals surface area contributed by atoms with E-state index in [-0.39, 0.29) is 23.6 Å². The van der Waals surface area contributed by atoms with E-state index in [1.165, 1.54) is 18.2 Å². The second-order valence-corrected chi connectivity index (χ2v) is 6.19. The molecule has 0 bridgehead atoms. The molecule has 0 aromatic heterocycles. The lowest BCUT2D eigenvalue weighted by atomic mass is 10.2. The van der Waals surface area contributed by atoms with E-state index < -0.39 is 15.8 Å². The summed E-state index contributed by atoms with van der Waals surface area (Å²) in [5, 5.41) is 0.412. The van der Waals surface area contributed by atoms with Gasteiger partial charge >= 0.3 is 5.97 Å². The molecule has 0 spiro atoms. The number of sulfone groups is 1. The molecule has 0 aliphatic rings. The molecule has 0 heterocycles. The molecule has 0 saturated heterocycles. The Kier molecular flexibility index (Phi) is 4.36. The first-order valence-electron chi connectivity index (χ1n) is 4.69. The van der Waals surface area contributed by atoms with E-state index in [4.69, 9.17) is 22.1 Å². The third-order valence-corrected chi connectivity index (χ3v) is 3.06. The van der Waals surface area contributed by atoms with Gasteiger partial charge in [-0.2, -0.15) is 0 Å². The van der Waals surface area contributed by atoms with Gasteiger partial charge in [0.05, 0.1) is 11.3 Å². The zero-order valence-electron chi connectivity index (χ0n) is 9.14. The maximum atomic E-state index is 11.5. The van der Waals surface area contributed by atoms with Crippen molar-refractivity contribution in [1.29, 1.82) is 0 Å². The number of benzene rings is 1. The van der Waals surface area contributed by atoms with Crippen LogP contribution in [-0.2, 0) is 14.6 Å². The van der Waals surface area contributed by atoms with Crippen LogP contribution in [0.3, 0.4) is 0 Å². The van der Waals surface area contributed by atoms with Gasteiger partial charge in [-0.05, 0) is 18.2 Å². The van der Waals surface area contributed by atoms with Gasteiger partial charge in [-0.15, -0.1) is 0 Å². The summed E-state index contributed by atoms with van der Waals surface area (Å²) in [6.45, 7) is -0.195. The molecule has 1 aromatic carbocycles. The van der Waals surface area contributed by atoms with E-state index in [0.717, 1.165) is 6.26 Å². The summed E-state index contributed by atoms with van der Waals surface area (Å²) in [7, 11) is -3.15. The van der Waals surface area contributed by atoms with Crippen LogP contribution in [0.25, 0.3) is 0 Å². The number of hydrogen-bond acceptors (Lipinski definition) is 5. The van der Waals surface area contributed by atoms with Crippen LogP contribution in [-0.4, -0.2) is 33.0 Å². The molecule has 1 rings (SSSR count). The molecule has 17 heavy (non-hydrogen) atoms. The van der Waals surface area contributed by atoms with Crippen molar-refractivity contribution in [1.82, 2.24) is 0 Å². The van der Waals surface area contributed by atoms with Crippen molar-refractivity contribution in [2.75, 3.05) is 24.3 Å². The number of hydrogen-bond donors (Lipinski definition) is 1.